The van der Waals surface area contributed by atoms with Crippen molar-refractivity contribution in [3.8, 4) is 0 Å². The third-order valence-corrected chi connectivity index (χ3v) is 7.43. The summed E-state index contributed by atoms with van der Waals surface area (Å²) in [5.74, 6) is -0.179. The predicted octanol–water partition coefficient (Wildman–Crippen LogP) is 1.26. The summed E-state index contributed by atoms with van der Waals surface area (Å²) in [6, 6.07) is 5.04. The van der Waals surface area contributed by atoms with Crippen molar-refractivity contribution in [2.24, 2.45) is 0 Å². The van der Waals surface area contributed by atoms with Crippen molar-refractivity contribution in [3.05, 3.63) is 18.2 Å². The number of methoxy groups -OCH3 is 1. The fourth-order valence-corrected chi connectivity index (χ4v) is 5.49. The molecule has 174 valence electrons. The van der Waals surface area contributed by atoms with Gasteiger partial charge in [-0.1, -0.05) is 6.42 Å². The van der Waals surface area contributed by atoms with E-state index in [1.165, 1.54) is 0 Å². The summed E-state index contributed by atoms with van der Waals surface area (Å²) in [6.07, 6.45) is 2.83. The average molecular weight is 455 g/mol. The van der Waals surface area contributed by atoms with E-state index in [1.54, 1.807) is 23.5 Å². The van der Waals surface area contributed by atoms with Crippen LogP contribution in [0.15, 0.2) is 23.1 Å². The highest BCUT2D eigenvalue weighted by Gasteiger charge is 2.27. The number of hydrogen-bond donors (Lipinski definition) is 2. The first-order chi connectivity index (χ1) is 14.9. The lowest BCUT2D eigenvalue weighted by Crippen LogP contribution is -2.40. The fourth-order valence-electron chi connectivity index (χ4n) is 3.94. The molecule has 0 saturated carbocycles. The average Bonchev–Trinajstić information content (AvgIpc) is 2.79. The quantitative estimate of drug-likeness (QED) is 0.579. The molecule has 2 heterocycles. The SMILES string of the molecule is COCC(C)NC(=O)CNc1cc(S(=O)(=O)N2CCCCC2)ccc1N1CCOCC1. The van der Waals surface area contributed by atoms with Crippen LogP contribution in [0.1, 0.15) is 26.2 Å². The lowest BCUT2D eigenvalue weighted by molar-refractivity contribution is -0.120. The third-order valence-electron chi connectivity index (χ3n) is 5.54. The topological polar surface area (TPSA) is 100 Å². The number of carbonyl (C=O) groups excluding carboxylic acids is 1. The number of piperidine rings is 1. The highest BCUT2D eigenvalue weighted by atomic mass is 32.2. The molecule has 0 aliphatic carbocycles. The minimum absolute atomic E-state index is 0.0403. The molecular formula is C21H34N4O5S. The second-order valence-corrected chi connectivity index (χ2v) is 9.96. The minimum Gasteiger partial charge on any atom is -0.383 e. The monoisotopic (exact) mass is 454 g/mol. The van der Waals surface area contributed by atoms with Crippen molar-refractivity contribution >= 4 is 27.3 Å². The molecule has 0 spiro atoms. The Kier molecular flexibility index (Phi) is 8.53. The highest BCUT2D eigenvalue weighted by Crippen LogP contribution is 2.31. The number of benzene rings is 1. The van der Waals surface area contributed by atoms with Crippen molar-refractivity contribution in [3.63, 3.8) is 0 Å². The maximum Gasteiger partial charge on any atom is 0.243 e. The molecule has 1 aromatic carbocycles. The fraction of sp³-hybridized carbons (Fsp3) is 0.667. The van der Waals surface area contributed by atoms with Crippen LogP contribution in [0.3, 0.4) is 0 Å². The van der Waals surface area contributed by atoms with Crippen molar-refractivity contribution in [2.75, 3.05) is 69.9 Å². The molecular weight excluding hydrogens is 420 g/mol. The molecule has 1 aromatic rings. The number of ether oxygens (including phenoxy) is 2. The van der Waals surface area contributed by atoms with E-state index in [1.807, 2.05) is 13.0 Å². The van der Waals surface area contributed by atoms with E-state index < -0.39 is 10.0 Å². The number of carbonyl (C=O) groups is 1. The standard InChI is InChI=1S/C21H34N4O5S/c1-17(16-29-2)23-21(26)15-22-19-14-18(31(27,28)25-8-4-3-5-9-25)6-7-20(19)24-10-12-30-13-11-24/h6-7,14,17,22H,3-5,8-13,15-16H2,1-2H3,(H,23,26). The number of amides is 1. The van der Waals surface area contributed by atoms with Gasteiger partial charge in [0.25, 0.3) is 0 Å². The van der Waals surface area contributed by atoms with Gasteiger partial charge in [0.05, 0.1) is 42.6 Å². The molecule has 31 heavy (non-hydrogen) atoms. The predicted molar refractivity (Wildman–Crippen MR) is 120 cm³/mol. The third kappa shape index (κ3) is 6.31. The zero-order valence-corrected chi connectivity index (χ0v) is 19.2. The first-order valence-corrected chi connectivity index (χ1v) is 12.3. The normalized spacial score (nSPS) is 19.1. The van der Waals surface area contributed by atoms with Crippen molar-refractivity contribution in [1.82, 2.24) is 9.62 Å². The Bertz CT molecular complexity index is 836. The van der Waals surface area contributed by atoms with Crippen LogP contribution in [-0.2, 0) is 24.3 Å². The van der Waals surface area contributed by atoms with Crippen LogP contribution in [0.5, 0.6) is 0 Å². The summed E-state index contributed by atoms with van der Waals surface area (Å²) < 4.78 is 38.4. The van der Waals surface area contributed by atoms with Gasteiger partial charge in [-0.2, -0.15) is 4.31 Å². The van der Waals surface area contributed by atoms with E-state index in [0.717, 1.165) is 24.9 Å². The van der Waals surface area contributed by atoms with Gasteiger partial charge in [0.2, 0.25) is 15.9 Å². The molecule has 0 bridgehead atoms. The molecule has 0 aromatic heterocycles. The molecule has 10 heteroatoms. The number of anilines is 2. The van der Waals surface area contributed by atoms with E-state index in [2.05, 4.69) is 15.5 Å². The van der Waals surface area contributed by atoms with Gasteiger partial charge in [0, 0.05) is 39.3 Å². The van der Waals surface area contributed by atoms with Gasteiger partial charge in [-0.25, -0.2) is 8.42 Å². The van der Waals surface area contributed by atoms with E-state index in [0.29, 0.717) is 51.7 Å². The maximum absolute atomic E-state index is 13.2. The lowest BCUT2D eigenvalue weighted by atomic mass is 10.2. The van der Waals surface area contributed by atoms with E-state index in [4.69, 9.17) is 9.47 Å². The first-order valence-electron chi connectivity index (χ1n) is 10.9. The number of nitrogens with one attached hydrogen (secondary N) is 2. The van der Waals surface area contributed by atoms with Crippen molar-refractivity contribution in [2.45, 2.75) is 37.1 Å². The summed E-state index contributed by atoms with van der Waals surface area (Å²) in [4.78, 5) is 14.7. The first kappa shape index (κ1) is 23.8. The zero-order valence-electron chi connectivity index (χ0n) is 18.4. The Morgan fingerprint density at radius 2 is 1.87 bits per heavy atom. The van der Waals surface area contributed by atoms with Gasteiger partial charge >= 0.3 is 0 Å². The van der Waals surface area contributed by atoms with Crippen molar-refractivity contribution in [1.29, 1.82) is 0 Å². The molecule has 1 unspecified atom stereocenters. The van der Waals surface area contributed by atoms with Gasteiger partial charge in [-0.3, -0.25) is 4.79 Å². The molecule has 2 fully saturated rings. The van der Waals surface area contributed by atoms with Crippen LogP contribution in [0.25, 0.3) is 0 Å². The molecule has 1 amide bonds. The van der Waals surface area contributed by atoms with Crippen molar-refractivity contribution < 1.29 is 22.7 Å². The van der Waals surface area contributed by atoms with Gasteiger partial charge in [-0.05, 0) is 38.0 Å². The number of rotatable bonds is 9. The zero-order chi connectivity index (χ0) is 22.3. The molecule has 2 aliphatic heterocycles. The number of morpholine rings is 1. The van der Waals surface area contributed by atoms with E-state index in [9.17, 15) is 13.2 Å². The second-order valence-electron chi connectivity index (χ2n) is 8.02. The Morgan fingerprint density at radius 3 is 2.55 bits per heavy atom. The molecule has 1 atom stereocenters. The van der Waals surface area contributed by atoms with Crippen LogP contribution in [0.2, 0.25) is 0 Å². The molecule has 3 rings (SSSR count). The highest BCUT2D eigenvalue weighted by molar-refractivity contribution is 7.89. The number of nitrogens with zero attached hydrogens (tertiary/aromatic N) is 2. The van der Waals surface area contributed by atoms with E-state index in [-0.39, 0.29) is 23.4 Å². The smallest absolute Gasteiger partial charge is 0.243 e. The Labute approximate surface area is 185 Å². The number of hydrogen-bond acceptors (Lipinski definition) is 7. The number of sulfonamides is 1. The van der Waals surface area contributed by atoms with Gasteiger partial charge in [0.1, 0.15) is 0 Å². The van der Waals surface area contributed by atoms with Crippen LogP contribution in [0, 0.1) is 0 Å². The van der Waals surface area contributed by atoms with Gasteiger partial charge < -0.3 is 25.0 Å². The lowest BCUT2D eigenvalue weighted by Gasteiger charge is -2.31. The van der Waals surface area contributed by atoms with E-state index >= 15 is 0 Å². The Balaban J connectivity index is 1.80. The summed E-state index contributed by atoms with van der Waals surface area (Å²) in [6.45, 7) is 6.09. The van der Waals surface area contributed by atoms with Crippen LogP contribution in [0.4, 0.5) is 11.4 Å². The van der Waals surface area contributed by atoms with Gasteiger partial charge in [0.15, 0.2) is 0 Å². The molecule has 2 saturated heterocycles. The second kappa shape index (κ2) is 11.1. The van der Waals surface area contributed by atoms with Crippen LogP contribution >= 0.6 is 0 Å². The molecule has 2 aliphatic rings. The van der Waals surface area contributed by atoms with Crippen LogP contribution in [-0.4, -0.2) is 84.3 Å². The molecule has 2 N–H and O–H groups in total. The van der Waals surface area contributed by atoms with Gasteiger partial charge in [-0.15, -0.1) is 0 Å². The van der Waals surface area contributed by atoms with Crippen LogP contribution < -0.4 is 15.5 Å². The maximum atomic E-state index is 13.2. The summed E-state index contributed by atoms with van der Waals surface area (Å²) in [5, 5.41) is 6.02. The largest absolute Gasteiger partial charge is 0.383 e. The molecule has 9 nitrogen and oxygen atoms in total. The summed E-state index contributed by atoms with van der Waals surface area (Å²) in [7, 11) is -1.98. The Hall–Kier alpha value is -1.88. The minimum atomic E-state index is -3.56. The summed E-state index contributed by atoms with van der Waals surface area (Å²) in [5.41, 5.74) is 1.51. The summed E-state index contributed by atoms with van der Waals surface area (Å²) >= 11 is 0. The Morgan fingerprint density at radius 1 is 1.16 bits per heavy atom. The molecule has 0 radical (unpaired) electrons.